The van der Waals surface area contributed by atoms with Crippen LogP contribution < -0.4 is 5.32 Å². The maximum atomic E-state index is 5.63. The number of hydrogen-bond donors (Lipinski definition) is 1. The minimum absolute atomic E-state index is 0.988. The Labute approximate surface area is 90.3 Å². The second-order valence-corrected chi connectivity index (χ2v) is 4.02. The Morgan fingerprint density at radius 2 is 1.93 bits per heavy atom. The molecule has 1 aromatic carbocycles. The second-order valence-electron chi connectivity index (χ2n) is 4.02. The monoisotopic (exact) mass is 203 g/mol. The van der Waals surface area contributed by atoms with Crippen molar-refractivity contribution in [1.82, 2.24) is 5.32 Å². The Hall–Kier alpha value is -1.28. The fraction of sp³-hybridized carbons (Fsp3) is 0.385. The van der Waals surface area contributed by atoms with Crippen molar-refractivity contribution in [1.29, 1.82) is 0 Å². The molecule has 2 aromatic rings. The van der Waals surface area contributed by atoms with Crippen molar-refractivity contribution in [2.45, 2.75) is 20.3 Å². The molecule has 0 saturated heterocycles. The third-order valence-electron chi connectivity index (χ3n) is 2.85. The number of benzene rings is 1. The molecule has 0 aliphatic rings. The molecule has 0 amide bonds. The normalized spacial score (nSPS) is 11.1. The highest BCUT2D eigenvalue weighted by molar-refractivity contribution is 5.86. The fourth-order valence-corrected chi connectivity index (χ4v) is 1.97. The molecule has 0 radical (unpaired) electrons. The molecule has 0 fully saturated rings. The standard InChI is InChI=1S/C13H17NO/c1-9-4-5-10(2)13-12(9)11(8-15-13)6-7-14-3/h4-5,8,14H,6-7H2,1-3H3. The summed E-state index contributed by atoms with van der Waals surface area (Å²) in [7, 11) is 1.97. The van der Waals surface area contributed by atoms with Crippen molar-refractivity contribution < 1.29 is 4.42 Å². The number of nitrogens with one attached hydrogen (secondary N) is 1. The lowest BCUT2D eigenvalue weighted by Crippen LogP contribution is -2.10. The largest absolute Gasteiger partial charge is 0.464 e. The van der Waals surface area contributed by atoms with Crippen molar-refractivity contribution in [3.63, 3.8) is 0 Å². The molecule has 0 unspecified atom stereocenters. The highest BCUT2D eigenvalue weighted by Gasteiger charge is 2.09. The predicted octanol–water partition coefficient (Wildman–Crippen LogP) is 2.81. The van der Waals surface area contributed by atoms with Crippen LogP contribution in [-0.4, -0.2) is 13.6 Å². The first-order valence-electron chi connectivity index (χ1n) is 5.35. The number of furan rings is 1. The summed E-state index contributed by atoms with van der Waals surface area (Å²) in [6.45, 7) is 5.22. The lowest BCUT2D eigenvalue weighted by atomic mass is 10.0. The number of likely N-dealkylation sites (N-methyl/N-ethyl adjacent to an activating group) is 1. The van der Waals surface area contributed by atoms with E-state index in [0.29, 0.717) is 0 Å². The van der Waals surface area contributed by atoms with Gasteiger partial charge in [-0.25, -0.2) is 0 Å². The van der Waals surface area contributed by atoms with Crippen molar-refractivity contribution >= 4 is 11.0 Å². The van der Waals surface area contributed by atoms with Crippen LogP contribution in [0, 0.1) is 13.8 Å². The highest BCUT2D eigenvalue weighted by Crippen LogP contribution is 2.27. The molecule has 0 atom stereocenters. The minimum atomic E-state index is 0.988. The Morgan fingerprint density at radius 3 is 2.67 bits per heavy atom. The van der Waals surface area contributed by atoms with Crippen molar-refractivity contribution in [3.05, 3.63) is 35.1 Å². The number of fused-ring (bicyclic) bond motifs is 1. The van der Waals surface area contributed by atoms with Crippen molar-refractivity contribution in [2.75, 3.05) is 13.6 Å². The molecule has 0 aliphatic heterocycles. The van der Waals surface area contributed by atoms with Crippen LogP contribution in [0.4, 0.5) is 0 Å². The first-order chi connectivity index (χ1) is 7.24. The summed E-state index contributed by atoms with van der Waals surface area (Å²) >= 11 is 0. The van der Waals surface area contributed by atoms with Gasteiger partial charge in [0.25, 0.3) is 0 Å². The molecule has 1 N–H and O–H groups in total. The van der Waals surface area contributed by atoms with E-state index >= 15 is 0 Å². The molecule has 0 aliphatic carbocycles. The summed E-state index contributed by atoms with van der Waals surface area (Å²) in [5.41, 5.74) is 4.86. The zero-order valence-electron chi connectivity index (χ0n) is 9.55. The van der Waals surface area contributed by atoms with Gasteiger partial charge in [0.15, 0.2) is 0 Å². The van der Waals surface area contributed by atoms with Crippen LogP contribution in [0.2, 0.25) is 0 Å². The van der Waals surface area contributed by atoms with Gasteiger partial charge in [-0.1, -0.05) is 12.1 Å². The average molecular weight is 203 g/mol. The molecule has 0 bridgehead atoms. The van der Waals surface area contributed by atoms with E-state index < -0.39 is 0 Å². The third kappa shape index (κ3) is 1.77. The molecular weight excluding hydrogens is 186 g/mol. The van der Waals surface area contributed by atoms with Gasteiger partial charge in [-0.05, 0) is 50.6 Å². The zero-order valence-corrected chi connectivity index (χ0v) is 9.55. The van der Waals surface area contributed by atoms with Gasteiger partial charge in [0.2, 0.25) is 0 Å². The quantitative estimate of drug-likeness (QED) is 0.829. The molecule has 2 rings (SSSR count). The summed E-state index contributed by atoms with van der Waals surface area (Å²) in [5, 5.41) is 4.46. The average Bonchev–Trinajstić information content (AvgIpc) is 2.65. The van der Waals surface area contributed by atoms with E-state index in [-0.39, 0.29) is 0 Å². The molecule has 2 heteroatoms. The third-order valence-corrected chi connectivity index (χ3v) is 2.85. The van der Waals surface area contributed by atoms with E-state index in [9.17, 15) is 0 Å². The van der Waals surface area contributed by atoms with Gasteiger partial charge in [0.1, 0.15) is 5.58 Å². The maximum Gasteiger partial charge on any atom is 0.137 e. The van der Waals surface area contributed by atoms with Crippen LogP contribution in [0.1, 0.15) is 16.7 Å². The first-order valence-corrected chi connectivity index (χ1v) is 5.35. The highest BCUT2D eigenvalue weighted by atomic mass is 16.3. The van der Waals surface area contributed by atoms with E-state index in [0.717, 1.165) is 18.5 Å². The van der Waals surface area contributed by atoms with Crippen molar-refractivity contribution in [3.8, 4) is 0 Å². The zero-order chi connectivity index (χ0) is 10.8. The van der Waals surface area contributed by atoms with E-state index in [4.69, 9.17) is 4.42 Å². The maximum absolute atomic E-state index is 5.63. The summed E-state index contributed by atoms with van der Waals surface area (Å²) in [6.07, 6.45) is 2.91. The fourth-order valence-electron chi connectivity index (χ4n) is 1.97. The van der Waals surface area contributed by atoms with Crippen molar-refractivity contribution in [2.24, 2.45) is 0 Å². The van der Waals surface area contributed by atoms with Gasteiger partial charge in [-0.15, -0.1) is 0 Å². The molecule has 2 nitrogen and oxygen atoms in total. The van der Waals surface area contributed by atoms with Gasteiger partial charge < -0.3 is 9.73 Å². The smallest absolute Gasteiger partial charge is 0.137 e. The molecule has 15 heavy (non-hydrogen) atoms. The topological polar surface area (TPSA) is 25.2 Å². The minimum Gasteiger partial charge on any atom is -0.464 e. The summed E-state index contributed by atoms with van der Waals surface area (Å²) in [4.78, 5) is 0. The van der Waals surface area contributed by atoms with Crippen LogP contribution in [0.5, 0.6) is 0 Å². The second kappa shape index (κ2) is 4.07. The Balaban J connectivity index is 2.53. The molecule has 1 heterocycles. The van der Waals surface area contributed by atoms with E-state index in [1.165, 1.54) is 22.1 Å². The Morgan fingerprint density at radius 1 is 1.20 bits per heavy atom. The molecule has 80 valence electrons. The Kier molecular flexibility index (Phi) is 2.78. The summed E-state index contributed by atoms with van der Waals surface area (Å²) in [6, 6.07) is 4.28. The summed E-state index contributed by atoms with van der Waals surface area (Å²) < 4.78 is 5.63. The van der Waals surface area contributed by atoms with Crippen LogP contribution >= 0.6 is 0 Å². The van der Waals surface area contributed by atoms with E-state index in [1.807, 2.05) is 13.3 Å². The van der Waals surface area contributed by atoms with Gasteiger partial charge in [0, 0.05) is 5.39 Å². The van der Waals surface area contributed by atoms with E-state index in [2.05, 4.69) is 31.3 Å². The molecule has 0 saturated carbocycles. The lowest BCUT2D eigenvalue weighted by Gasteiger charge is -2.02. The molecular formula is C13H17NO. The van der Waals surface area contributed by atoms with E-state index in [1.54, 1.807) is 0 Å². The molecule has 1 aromatic heterocycles. The number of rotatable bonds is 3. The van der Waals surface area contributed by atoms with Crippen LogP contribution in [0.3, 0.4) is 0 Å². The first kappa shape index (κ1) is 10.2. The predicted molar refractivity (Wildman–Crippen MR) is 63.3 cm³/mol. The number of aryl methyl sites for hydroxylation is 2. The van der Waals surface area contributed by atoms with Crippen LogP contribution in [0.25, 0.3) is 11.0 Å². The van der Waals surface area contributed by atoms with Gasteiger partial charge >= 0.3 is 0 Å². The molecule has 0 spiro atoms. The number of hydrogen-bond acceptors (Lipinski definition) is 2. The lowest BCUT2D eigenvalue weighted by molar-refractivity contribution is 0.606. The van der Waals surface area contributed by atoms with Gasteiger partial charge in [-0.3, -0.25) is 0 Å². The van der Waals surface area contributed by atoms with Crippen LogP contribution in [0.15, 0.2) is 22.8 Å². The Bertz CT molecular complexity index is 471. The summed E-state index contributed by atoms with van der Waals surface area (Å²) in [5.74, 6) is 0. The van der Waals surface area contributed by atoms with Gasteiger partial charge in [-0.2, -0.15) is 0 Å². The van der Waals surface area contributed by atoms with Gasteiger partial charge in [0.05, 0.1) is 6.26 Å². The SMILES string of the molecule is CNCCc1coc2c(C)ccc(C)c12. The van der Waals surface area contributed by atoms with Crippen LogP contribution in [-0.2, 0) is 6.42 Å².